The Labute approximate surface area is 169 Å². The summed E-state index contributed by atoms with van der Waals surface area (Å²) in [6.07, 6.45) is 4.99. The molecule has 0 unspecified atom stereocenters. The fraction of sp³-hybridized carbons (Fsp3) is 0.227. The maximum absolute atomic E-state index is 11.2. The van der Waals surface area contributed by atoms with Crippen LogP contribution >= 0.6 is 0 Å². The largest absolute Gasteiger partial charge is 0.490 e. The van der Waals surface area contributed by atoms with E-state index < -0.39 is 5.97 Å². The molecule has 7 heteroatoms. The van der Waals surface area contributed by atoms with E-state index in [9.17, 15) is 9.90 Å². The van der Waals surface area contributed by atoms with Crippen molar-refractivity contribution in [2.24, 2.45) is 0 Å². The number of carboxylic acids is 1. The molecule has 0 aliphatic heterocycles. The number of aromatic nitrogens is 2. The number of aromatic carboxylic acids is 1. The molecule has 0 spiro atoms. The molecule has 1 N–H and O–H groups in total. The van der Waals surface area contributed by atoms with Gasteiger partial charge in [-0.05, 0) is 50.2 Å². The Balaban J connectivity index is 2.02. The summed E-state index contributed by atoms with van der Waals surface area (Å²) in [5.74, 6) is 0.380. The van der Waals surface area contributed by atoms with Gasteiger partial charge in [-0.2, -0.15) is 0 Å². The normalized spacial score (nSPS) is 10.4. The molecule has 0 atom stereocenters. The number of carboxylic acid groups (broad SMARTS) is 1. The Bertz CT molecular complexity index is 946. The lowest BCUT2D eigenvalue weighted by Gasteiger charge is -2.26. The van der Waals surface area contributed by atoms with E-state index in [-0.39, 0.29) is 5.56 Å². The van der Waals surface area contributed by atoms with Gasteiger partial charge in [0.1, 0.15) is 6.33 Å². The Kier molecular flexibility index (Phi) is 6.63. The minimum absolute atomic E-state index is 0.235. The van der Waals surface area contributed by atoms with E-state index in [2.05, 4.69) is 9.97 Å². The molecule has 29 heavy (non-hydrogen) atoms. The summed E-state index contributed by atoms with van der Waals surface area (Å²) in [5, 5.41) is 9.18. The molecule has 0 bridgehead atoms. The van der Waals surface area contributed by atoms with Crippen LogP contribution < -0.4 is 14.4 Å². The molecule has 1 heterocycles. The lowest BCUT2D eigenvalue weighted by molar-refractivity contribution is 0.0697. The highest BCUT2D eigenvalue weighted by molar-refractivity contribution is 5.88. The van der Waals surface area contributed by atoms with Crippen molar-refractivity contribution in [2.75, 3.05) is 18.1 Å². The molecule has 3 rings (SSSR count). The van der Waals surface area contributed by atoms with Gasteiger partial charge in [0, 0.05) is 35.4 Å². The van der Waals surface area contributed by atoms with Crippen LogP contribution in [0.1, 0.15) is 29.8 Å². The lowest BCUT2D eigenvalue weighted by Crippen LogP contribution is -2.17. The molecule has 150 valence electrons. The van der Waals surface area contributed by atoms with E-state index in [1.807, 2.05) is 36.9 Å². The molecule has 2 aromatic carbocycles. The number of ether oxygens (including phenoxy) is 2. The summed E-state index contributed by atoms with van der Waals surface area (Å²) in [4.78, 5) is 21.4. The van der Waals surface area contributed by atoms with Gasteiger partial charge in [0.05, 0.1) is 25.3 Å². The van der Waals surface area contributed by atoms with Crippen molar-refractivity contribution in [1.82, 2.24) is 9.97 Å². The number of nitrogens with zero attached hydrogens (tertiary/aromatic N) is 3. The molecule has 0 fully saturated rings. The lowest BCUT2D eigenvalue weighted by atomic mass is 10.1. The predicted octanol–water partition coefficient (Wildman–Crippen LogP) is 4.31. The van der Waals surface area contributed by atoms with Crippen LogP contribution in [0.2, 0.25) is 0 Å². The highest BCUT2D eigenvalue weighted by Gasteiger charge is 2.15. The number of anilines is 2. The van der Waals surface area contributed by atoms with E-state index in [1.54, 1.807) is 36.7 Å². The number of hydrogen-bond donors (Lipinski definition) is 1. The molecule has 0 radical (unpaired) electrons. The molecule has 3 aromatic rings. The zero-order chi connectivity index (χ0) is 20.6. The summed E-state index contributed by atoms with van der Waals surface area (Å²) in [6.45, 7) is 5.42. The predicted molar refractivity (Wildman–Crippen MR) is 110 cm³/mol. The molecular weight excluding hydrogens is 370 g/mol. The van der Waals surface area contributed by atoms with Crippen molar-refractivity contribution in [1.29, 1.82) is 0 Å². The first-order chi connectivity index (χ1) is 14.1. The first-order valence-electron chi connectivity index (χ1n) is 9.36. The Morgan fingerprint density at radius 2 is 1.55 bits per heavy atom. The van der Waals surface area contributed by atoms with Crippen LogP contribution in [0.25, 0.3) is 0 Å². The van der Waals surface area contributed by atoms with E-state index in [4.69, 9.17) is 9.47 Å². The number of benzene rings is 2. The van der Waals surface area contributed by atoms with Gasteiger partial charge in [-0.25, -0.2) is 14.8 Å². The summed E-state index contributed by atoms with van der Waals surface area (Å²) in [5.41, 5.74) is 2.87. The van der Waals surface area contributed by atoms with E-state index in [1.165, 1.54) is 6.33 Å². The van der Waals surface area contributed by atoms with Gasteiger partial charge in [0.25, 0.3) is 0 Å². The van der Waals surface area contributed by atoms with Crippen molar-refractivity contribution in [2.45, 2.75) is 20.4 Å². The third-order valence-electron chi connectivity index (χ3n) is 4.22. The second-order valence-corrected chi connectivity index (χ2v) is 6.18. The average molecular weight is 393 g/mol. The van der Waals surface area contributed by atoms with Gasteiger partial charge in [-0.3, -0.25) is 0 Å². The number of carbonyl (C=O) groups is 1. The van der Waals surface area contributed by atoms with E-state index in [0.29, 0.717) is 31.3 Å². The second kappa shape index (κ2) is 9.54. The Hall–Kier alpha value is -3.61. The van der Waals surface area contributed by atoms with Crippen molar-refractivity contribution in [3.63, 3.8) is 0 Å². The SMILES string of the molecule is CCOc1ccc(N(Cc2cncnc2)c2ccc(C(=O)O)cc2)cc1OCC. The third kappa shape index (κ3) is 5.01. The van der Waals surface area contributed by atoms with E-state index in [0.717, 1.165) is 16.9 Å². The maximum atomic E-state index is 11.2. The standard InChI is InChI=1S/C22H23N3O4/c1-3-28-20-10-9-19(11-21(20)29-4-2)25(14-16-12-23-15-24-13-16)18-7-5-17(6-8-18)22(26)27/h5-13,15H,3-4,14H2,1-2H3,(H,26,27). The van der Waals surface area contributed by atoms with Crippen LogP contribution in [0.5, 0.6) is 11.5 Å². The van der Waals surface area contributed by atoms with Crippen molar-refractivity contribution >= 4 is 17.3 Å². The van der Waals surface area contributed by atoms with Crippen LogP contribution in [0, 0.1) is 0 Å². The second-order valence-electron chi connectivity index (χ2n) is 6.18. The quantitative estimate of drug-likeness (QED) is 0.580. The number of rotatable bonds is 9. The molecule has 0 amide bonds. The summed E-state index contributed by atoms with van der Waals surface area (Å²) in [6, 6.07) is 12.5. The van der Waals surface area contributed by atoms with Crippen molar-refractivity contribution < 1.29 is 19.4 Å². The van der Waals surface area contributed by atoms with Crippen molar-refractivity contribution in [3.05, 3.63) is 72.3 Å². The molecule has 0 aliphatic carbocycles. The monoisotopic (exact) mass is 393 g/mol. The third-order valence-corrected chi connectivity index (χ3v) is 4.22. The summed E-state index contributed by atoms with van der Waals surface area (Å²) >= 11 is 0. The fourth-order valence-electron chi connectivity index (χ4n) is 2.92. The van der Waals surface area contributed by atoms with Crippen LogP contribution in [0.4, 0.5) is 11.4 Å². The van der Waals surface area contributed by atoms with Gasteiger partial charge in [0.15, 0.2) is 11.5 Å². The molecule has 0 saturated carbocycles. The Morgan fingerprint density at radius 3 is 2.17 bits per heavy atom. The average Bonchev–Trinajstić information content (AvgIpc) is 2.74. The van der Waals surface area contributed by atoms with Gasteiger partial charge >= 0.3 is 5.97 Å². The smallest absolute Gasteiger partial charge is 0.335 e. The zero-order valence-electron chi connectivity index (χ0n) is 16.4. The highest BCUT2D eigenvalue weighted by Crippen LogP contribution is 2.36. The molecule has 1 aromatic heterocycles. The number of hydrogen-bond acceptors (Lipinski definition) is 6. The first-order valence-corrected chi connectivity index (χ1v) is 9.36. The van der Waals surface area contributed by atoms with Gasteiger partial charge in [-0.1, -0.05) is 0 Å². The van der Waals surface area contributed by atoms with Gasteiger partial charge in [-0.15, -0.1) is 0 Å². The fourth-order valence-corrected chi connectivity index (χ4v) is 2.92. The molecular formula is C22H23N3O4. The van der Waals surface area contributed by atoms with Crippen LogP contribution in [0.3, 0.4) is 0 Å². The summed E-state index contributed by atoms with van der Waals surface area (Å²) < 4.78 is 11.4. The minimum Gasteiger partial charge on any atom is -0.490 e. The van der Waals surface area contributed by atoms with Gasteiger partial charge < -0.3 is 19.5 Å². The minimum atomic E-state index is -0.959. The first kappa shape index (κ1) is 20.1. The van der Waals surface area contributed by atoms with Crippen molar-refractivity contribution in [3.8, 4) is 11.5 Å². The Morgan fingerprint density at radius 1 is 0.931 bits per heavy atom. The van der Waals surface area contributed by atoms with Gasteiger partial charge in [0.2, 0.25) is 0 Å². The van der Waals surface area contributed by atoms with E-state index >= 15 is 0 Å². The molecule has 0 saturated heterocycles. The molecule has 7 nitrogen and oxygen atoms in total. The molecule has 0 aliphatic rings. The topological polar surface area (TPSA) is 84.8 Å². The maximum Gasteiger partial charge on any atom is 0.335 e. The van der Waals surface area contributed by atoms with Crippen LogP contribution in [-0.4, -0.2) is 34.3 Å². The summed E-state index contributed by atoms with van der Waals surface area (Å²) in [7, 11) is 0. The van der Waals surface area contributed by atoms with Crippen LogP contribution in [0.15, 0.2) is 61.2 Å². The zero-order valence-corrected chi connectivity index (χ0v) is 16.4. The van der Waals surface area contributed by atoms with Crippen LogP contribution in [-0.2, 0) is 6.54 Å². The highest BCUT2D eigenvalue weighted by atomic mass is 16.5.